The molecule has 0 aromatic heterocycles. The molecule has 0 saturated heterocycles. The summed E-state index contributed by atoms with van der Waals surface area (Å²) in [6.45, 7) is 6.00. The monoisotopic (exact) mass is 269 g/mol. The summed E-state index contributed by atoms with van der Waals surface area (Å²) in [5.74, 6) is 0. The van der Waals surface area contributed by atoms with Crippen LogP contribution in [0.1, 0.15) is 45.4 Å². The van der Waals surface area contributed by atoms with Crippen molar-refractivity contribution in [2.24, 2.45) is 5.73 Å². The molecule has 6 heteroatoms. The molecule has 104 valence electrons. The van der Waals surface area contributed by atoms with E-state index in [9.17, 15) is 12.8 Å². The number of hydrogen-bond acceptors (Lipinski definition) is 3. The summed E-state index contributed by atoms with van der Waals surface area (Å²) >= 11 is 0. The van der Waals surface area contributed by atoms with E-state index in [1.54, 1.807) is 6.08 Å². The molecule has 0 fully saturated rings. The second-order valence-electron chi connectivity index (χ2n) is 3.65. The maximum atomic E-state index is 12.6. The van der Waals surface area contributed by atoms with Crippen LogP contribution in [0.3, 0.4) is 0 Å². The highest BCUT2D eigenvalue weighted by Crippen LogP contribution is 2.12. The van der Waals surface area contributed by atoms with Gasteiger partial charge in [0.25, 0.3) is 10.1 Å². The van der Waals surface area contributed by atoms with Gasteiger partial charge in [-0.05, 0) is 12.8 Å². The van der Waals surface area contributed by atoms with Gasteiger partial charge in [0.05, 0.1) is 0 Å². The Morgan fingerprint density at radius 1 is 1.35 bits per heavy atom. The Hall–Kier alpha value is -0.460. The number of nitrogens with two attached hydrogens (primary N) is 1. The molecule has 3 N–H and O–H groups in total. The first kappa shape index (κ1) is 18.9. The van der Waals surface area contributed by atoms with Gasteiger partial charge in [-0.25, -0.2) is 4.39 Å². The first-order chi connectivity index (χ1) is 7.90. The van der Waals surface area contributed by atoms with Gasteiger partial charge < -0.3 is 5.73 Å². The van der Waals surface area contributed by atoms with Crippen molar-refractivity contribution in [2.45, 2.75) is 51.0 Å². The van der Waals surface area contributed by atoms with Crippen molar-refractivity contribution in [1.82, 2.24) is 0 Å². The zero-order chi connectivity index (χ0) is 13.7. The van der Waals surface area contributed by atoms with Crippen LogP contribution in [0.2, 0.25) is 0 Å². The summed E-state index contributed by atoms with van der Waals surface area (Å²) in [5, 5.41) is 0. The van der Waals surface area contributed by atoms with Crippen molar-refractivity contribution in [3.05, 3.63) is 12.7 Å². The Kier molecular flexibility index (Phi) is 13.3. The molecule has 0 heterocycles. The van der Waals surface area contributed by atoms with Gasteiger partial charge in [-0.2, -0.15) is 8.42 Å². The van der Waals surface area contributed by atoms with Crippen LogP contribution in [-0.2, 0) is 10.1 Å². The lowest BCUT2D eigenvalue weighted by molar-refractivity contribution is 0.350. The van der Waals surface area contributed by atoms with E-state index in [4.69, 9.17) is 10.3 Å². The summed E-state index contributed by atoms with van der Waals surface area (Å²) in [5.41, 5.74) is 2.81. The van der Waals surface area contributed by atoms with Gasteiger partial charge in [-0.1, -0.05) is 38.7 Å². The number of halogens is 1. The van der Waals surface area contributed by atoms with Crippen molar-refractivity contribution in [1.29, 1.82) is 0 Å². The Morgan fingerprint density at radius 2 is 1.82 bits per heavy atom. The fourth-order valence-corrected chi connectivity index (χ4v) is 1.52. The van der Waals surface area contributed by atoms with Gasteiger partial charge in [0.2, 0.25) is 5.50 Å². The van der Waals surface area contributed by atoms with Crippen LogP contribution in [0, 0.1) is 0 Å². The summed E-state index contributed by atoms with van der Waals surface area (Å²) in [7, 11) is -4.46. The van der Waals surface area contributed by atoms with Crippen LogP contribution >= 0.6 is 0 Å². The predicted molar refractivity (Wildman–Crippen MR) is 69.1 cm³/mol. The van der Waals surface area contributed by atoms with Gasteiger partial charge in [-0.15, -0.1) is 6.58 Å². The van der Waals surface area contributed by atoms with Crippen LogP contribution in [-0.4, -0.2) is 25.0 Å². The van der Waals surface area contributed by atoms with Gasteiger partial charge in [0.1, 0.15) is 0 Å². The summed E-state index contributed by atoms with van der Waals surface area (Å²) in [6.07, 6.45) is 6.07. The van der Waals surface area contributed by atoms with Crippen LogP contribution in [0.25, 0.3) is 0 Å². The average molecular weight is 269 g/mol. The van der Waals surface area contributed by atoms with Crippen molar-refractivity contribution < 1.29 is 17.4 Å². The maximum Gasteiger partial charge on any atom is 0.297 e. The van der Waals surface area contributed by atoms with Crippen LogP contribution in [0.15, 0.2) is 12.7 Å². The predicted octanol–water partition coefficient (Wildman–Crippen LogP) is 2.66. The van der Waals surface area contributed by atoms with Crippen molar-refractivity contribution in [3.63, 3.8) is 0 Å². The maximum absolute atomic E-state index is 12.6. The second-order valence-corrected chi connectivity index (χ2v) is 5.19. The molecule has 0 spiro atoms. The second kappa shape index (κ2) is 12.0. The highest BCUT2D eigenvalue weighted by atomic mass is 32.2. The van der Waals surface area contributed by atoms with E-state index in [-0.39, 0.29) is 6.42 Å². The lowest BCUT2D eigenvalue weighted by Gasteiger charge is -2.03. The molecule has 0 amide bonds. The van der Waals surface area contributed by atoms with E-state index in [0.717, 1.165) is 25.7 Å². The lowest BCUT2D eigenvalue weighted by atomic mass is 10.1. The van der Waals surface area contributed by atoms with Crippen molar-refractivity contribution in [2.75, 3.05) is 6.54 Å². The Morgan fingerprint density at radius 3 is 2.18 bits per heavy atom. The third-order valence-corrected chi connectivity index (χ3v) is 2.91. The highest BCUT2D eigenvalue weighted by molar-refractivity contribution is 7.86. The van der Waals surface area contributed by atoms with E-state index in [0.29, 0.717) is 13.0 Å². The summed E-state index contributed by atoms with van der Waals surface area (Å²) < 4.78 is 41.3. The molecular weight excluding hydrogens is 245 g/mol. The molecule has 1 unspecified atom stereocenters. The van der Waals surface area contributed by atoms with Crippen LogP contribution in [0.5, 0.6) is 0 Å². The first-order valence-electron chi connectivity index (χ1n) is 5.81. The van der Waals surface area contributed by atoms with Gasteiger partial charge in [0.15, 0.2) is 0 Å². The SMILES string of the molecule is C=CCN.CCCCCCCC(F)S(=O)(=O)O. The molecule has 0 bridgehead atoms. The molecule has 0 aromatic carbocycles. The molecule has 0 aliphatic carbocycles. The first-order valence-corrected chi connectivity index (χ1v) is 7.31. The Bertz CT molecular complexity index is 268. The molecule has 17 heavy (non-hydrogen) atoms. The van der Waals surface area contributed by atoms with E-state index in [2.05, 4.69) is 13.5 Å². The fourth-order valence-electron chi connectivity index (χ4n) is 1.06. The minimum Gasteiger partial charge on any atom is -0.327 e. The van der Waals surface area contributed by atoms with Gasteiger partial charge in [-0.3, -0.25) is 4.55 Å². The number of rotatable bonds is 8. The molecule has 0 rings (SSSR count). The van der Waals surface area contributed by atoms with Gasteiger partial charge in [0, 0.05) is 6.54 Å². The lowest BCUT2D eigenvalue weighted by Crippen LogP contribution is -2.14. The molecule has 4 nitrogen and oxygen atoms in total. The zero-order valence-corrected chi connectivity index (χ0v) is 11.3. The van der Waals surface area contributed by atoms with Crippen molar-refractivity contribution in [3.8, 4) is 0 Å². The molecule has 0 saturated carbocycles. The average Bonchev–Trinajstić information content (AvgIpc) is 2.27. The standard InChI is InChI=1S/C8H17FO3S.C3H7N/c1-2-3-4-5-6-7-8(9)13(10,11)12;1-2-3-4/h8H,2-7H2,1H3,(H,10,11,12);2H,1,3-4H2. The number of hydrogen-bond donors (Lipinski definition) is 2. The van der Waals surface area contributed by atoms with E-state index in [1.165, 1.54) is 0 Å². The Balaban J connectivity index is 0. The van der Waals surface area contributed by atoms with E-state index >= 15 is 0 Å². The number of alkyl halides is 1. The summed E-state index contributed by atoms with van der Waals surface area (Å²) in [6, 6.07) is 0. The van der Waals surface area contributed by atoms with E-state index < -0.39 is 15.6 Å². The smallest absolute Gasteiger partial charge is 0.297 e. The summed E-state index contributed by atoms with van der Waals surface area (Å²) in [4.78, 5) is 0. The minimum atomic E-state index is -4.46. The minimum absolute atomic E-state index is 0.0947. The highest BCUT2D eigenvalue weighted by Gasteiger charge is 2.20. The molecule has 0 aliphatic rings. The topological polar surface area (TPSA) is 80.4 Å². The third kappa shape index (κ3) is 15.5. The molecule has 0 radical (unpaired) electrons. The molecule has 0 aliphatic heterocycles. The van der Waals surface area contributed by atoms with E-state index in [1.807, 2.05) is 0 Å². The van der Waals surface area contributed by atoms with Crippen LogP contribution < -0.4 is 5.73 Å². The molecule has 0 aromatic rings. The quantitative estimate of drug-likeness (QED) is 0.403. The fraction of sp³-hybridized carbons (Fsp3) is 0.818. The van der Waals surface area contributed by atoms with Crippen LogP contribution in [0.4, 0.5) is 4.39 Å². The Labute approximate surface area is 104 Å². The number of unbranched alkanes of at least 4 members (excludes halogenated alkanes) is 4. The van der Waals surface area contributed by atoms with Gasteiger partial charge >= 0.3 is 0 Å². The largest absolute Gasteiger partial charge is 0.327 e. The normalized spacial score (nSPS) is 12.5. The van der Waals surface area contributed by atoms with Crippen molar-refractivity contribution >= 4 is 10.1 Å². The third-order valence-electron chi connectivity index (χ3n) is 2.02. The molecular formula is C11H24FNO3S. The zero-order valence-electron chi connectivity index (χ0n) is 10.4. The molecule has 1 atom stereocenters.